The first-order valence-corrected chi connectivity index (χ1v) is 7.11. The van der Waals surface area contributed by atoms with Gasteiger partial charge in [-0.2, -0.15) is 0 Å². The fraction of sp³-hybridized carbons (Fsp3) is 0.500. The van der Waals surface area contributed by atoms with Gasteiger partial charge >= 0.3 is 0 Å². The zero-order valence-corrected chi connectivity index (χ0v) is 12.6. The summed E-state index contributed by atoms with van der Waals surface area (Å²) in [6, 6.07) is 3.41. The molecule has 0 radical (unpaired) electrons. The largest absolute Gasteiger partial charge is 0.393 e. The Morgan fingerprint density at radius 2 is 2.10 bits per heavy atom. The molecule has 0 unspecified atom stereocenters. The van der Waals surface area contributed by atoms with Crippen LogP contribution in [0.3, 0.4) is 0 Å². The maximum Gasteiger partial charge on any atom is 0.253 e. The molecule has 0 aliphatic carbocycles. The average molecular weight is 295 g/mol. The average Bonchev–Trinajstić information content (AvgIpc) is 2.46. The van der Waals surface area contributed by atoms with Gasteiger partial charge in [0.1, 0.15) is 0 Å². The fourth-order valence-electron chi connectivity index (χ4n) is 1.74. The molecular weight excluding hydrogens is 274 g/mol. The number of aromatic nitrogens is 1. The Bertz CT molecular complexity index is 426. The van der Waals surface area contributed by atoms with E-state index in [0.29, 0.717) is 43.3 Å². The maximum absolute atomic E-state index is 12.4. The molecule has 5 nitrogen and oxygen atoms in total. The molecule has 0 aliphatic heterocycles. The van der Waals surface area contributed by atoms with Crippen molar-refractivity contribution in [3.8, 4) is 0 Å². The van der Waals surface area contributed by atoms with Gasteiger partial charge in [0.2, 0.25) is 0 Å². The summed E-state index contributed by atoms with van der Waals surface area (Å²) in [4.78, 5) is 18.5. The van der Waals surface area contributed by atoms with Crippen LogP contribution in [0.5, 0.6) is 0 Å². The van der Waals surface area contributed by atoms with Gasteiger partial charge in [0.05, 0.1) is 4.99 Å². The van der Waals surface area contributed by atoms with Crippen LogP contribution in [0.25, 0.3) is 0 Å². The molecule has 0 aromatic carbocycles. The highest BCUT2D eigenvalue weighted by Gasteiger charge is 2.15. The van der Waals surface area contributed by atoms with Gasteiger partial charge in [0.15, 0.2) is 0 Å². The SMILES string of the molecule is CCOCCCN(CCC(N)=S)C(=O)c1ccncc1. The lowest BCUT2D eigenvalue weighted by molar-refractivity contribution is 0.0730. The number of hydrogen-bond acceptors (Lipinski definition) is 4. The third kappa shape index (κ3) is 6.08. The zero-order chi connectivity index (χ0) is 14.8. The van der Waals surface area contributed by atoms with E-state index < -0.39 is 0 Å². The summed E-state index contributed by atoms with van der Waals surface area (Å²) in [6.07, 6.45) is 4.54. The number of nitrogens with two attached hydrogens (primary N) is 1. The topological polar surface area (TPSA) is 68.5 Å². The van der Waals surface area contributed by atoms with Crippen molar-refractivity contribution in [2.75, 3.05) is 26.3 Å². The Morgan fingerprint density at radius 3 is 2.70 bits per heavy atom. The summed E-state index contributed by atoms with van der Waals surface area (Å²) < 4.78 is 5.30. The van der Waals surface area contributed by atoms with Crippen molar-refractivity contribution >= 4 is 23.1 Å². The second kappa shape index (κ2) is 9.39. The normalized spacial score (nSPS) is 10.2. The Morgan fingerprint density at radius 1 is 1.40 bits per heavy atom. The van der Waals surface area contributed by atoms with Crippen LogP contribution in [0.2, 0.25) is 0 Å². The first-order valence-electron chi connectivity index (χ1n) is 6.70. The van der Waals surface area contributed by atoms with E-state index in [2.05, 4.69) is 4.98 Å². The van der Waals surface area contributed by atoms with Crippen LogP contribution in [0.15, 0.2) is 24.5 Å². The van der Waals surface area contributed by atoms with Crippen LogP contribution < -0.4 is 5.73 Å². The molecule has 1 aromatic rings. The van der Waals surface area contributed by atoms with Gasteiger partial charge in [-0.3, -0.25) is 9.78 Å². The van der Waals surface area contributed by atoms with E-state index in [0.717, 1.165) is 6.42 Å². The minimum Gasteiger partial charge on any atom is -0.393 e. The van der Waals surface area contributed by atoms with E-state index in [-0.39, 0.29) is 5.91 Å². The lowest BCUT2D eigenvalue weighted by atomic mass is 10.2. The summed E-state index contributed by atoms with van der Waals surface area (Å²) in [5.41, 5.74) is 6.14. The molecule has 0 aliphatic rings. The van der Waals surface area contributed by atoms with Gasteiger partial charge in [0, 0.05) is 50.7 Å². The van der Waals surface area contributed by atoms with E-state index >= 15 is 0 Å². The maximum atomic E-state index is 12.4. The number of carbonyl (C=O) groups excluding carboxylic acids is 1. The number of amides is 1. The van der Waals surface area contributed by atoms with Crippen molar-refractivity contribution in [3.63, 3.8) is 0 Å². The third-order valence-electron chi connectivity index (χ3n) is 2.76. The molecule has 6 heteroatoms. The molecule has 1 amide bonds. The number of carbonyl (C=O) groups is 1. The van der Waals surface area contributed by atoms with E-state index in [4.69, 9.17) is 22.7 Å². The number of pyridine rings is 1. The molecule has 0 atom stereocenters. The van der Waals surface area contributed by atoms with E-state index in [1.807, 2.05) is 6.92 Å². The lowest BCUT2D eigenvalue weighted by Crippen LogP contribution is -2.35. The van der Waals surface area contributed by atoms with E-state index in [1.54, 1.807) is 29.4 Å². The number of thiocarbonyl (C=S) groups is 1. The molecule has 1 heterocycles. The van der Waals surface area contributed by atoms with Crippen molar-refractivity contribution < 1.29 is 9.53 Å². The molecule has 1 aromatic heterocycles. The van der Waals surface area contributed by atoms with Gasteiger partial charge in [0.25, 0.3) is 5.91 Å². The van der Waals surface area contributed by atoms with Crippen molar-refractivity contribution in [1.82, 2.24) is 9.88 Å². The van der Waals surface area contributed by atoms with Crippen molar-refractivity contribution in [2.24, 2.45) is 5.73 Å². The summed E-state index contributed by atoms with van der Waals surface area (Å²) in [6.45, 7) is 4.44. The highest BCUT2D eigenvalue weighted by Crippen LogP contribution is 2.05. The second-order valence-electron chi connectivity index (χ2n) is 4.29. The quantitative estimate of drug-likeness (QED) is 0.554. The van der Waals surface area contributed by atoms with Gasteiger partial charge in [-0.15, -0.1) is 0 Å². The predicted molar refractivity (Wildman–Crippen MR) is 82.7 cm³/mol. The molecule has 0 spiro atoms. The summed E-state index contributed by atoms with van der Waals surface area (Å²) in [5.74, 6) is -0.0276. The molecule has 20 heavy (non-hydrogen) atoms. The molecular formula is C14H21N3O2S. The van der Waals surface area contributed by atoms with Crippen molar-refractivity contribution in [1.29, 1.82) is 0 Å². The minimum absolute atomic E-state index is 0.0276. The minimum atomic E-state index is -0.0276. The molecule has 0 bridgehead atoms. The second-order valence-corrected chi connectivity index (χ2v) is 4.82. The summed E-state index contributed by atoms with van der Waals surface area (Å²) in [5, 5.41) is 0. The molecule has 0 saturated carbocycles. The highest BCUT2D eigenvalue weighted by molar-refractivity contribution is 7.80. The standard InChI is InChI=1S/C14H21N3O2S/c1-2-19-11-3-9-17(10-6-13(15)20)14(18)12-4-7-16-8-5-12/h4-5,7-8H,2-3,6,9-11H2,1H3,(H2,15,20). The molecule has 1 rings (SSSR count). The number of rotatable bonds is 9. The first-order chi connectivity index (χ1) is 9.65. The molecule has 0 fully saturated rings. The number of nitrogens with zero attached hydrogens (tertiary/aromatic N) is 2. The highest BCUT2D eigenvalue weighted by atomic mass is 32.1. The van der Waals surface area contributed by atoms with Gasteiger partial charge in [-0.1, -0.05) is 12.2 Å². The summed E-state index contributed by atoms with van der Waals surface area (Å²) >= 11 is 4.88. The Labute approximate surface area is 125 Å². The van der Waals surface area contributed by atoms with Crippen LogP contribution in [-0.2, 0) is 4.74 Å². The Kier molecular flexibility index (Phi) is 7.75. The van der Waals surface area contributed by atoms with Crippen LogP contribution in [0.4, 0.5) is 0 Å². The van der Waals surface area contributed by atoms with Gasteiger partial charge in [-0.25, -0.2) is 0 Å². The first kappa shape index (κ1) is 16.5. The van der Waals surface area contributed by atoms with Crippen LogP contribution in [0, 0.1) is 0 Å². The fourth-order valence-corrected chi connectivity index (χ4v) is 1.83. The molecule has 110 valence electrons. The van der Waals surface area contributed by atoms with Gasteiger partial charge in [-0.05, 0) is 25.5 Å². The molecule has 2 N–H and O–H groups in total. The monoisotopic (exact) mass is 295 g/mol. The molecule has 0 saturated heterocycles. The van der Waals surface area contributed by atoms with E-state index in [1.165, 1.54) is 0 Å². The smallest absolute Gasteiger partial charge is 0.253 e. The van der Waals surface area contributed by atoms with Crippen molar-refractivity contribution in [2.45, 2.75) is 19.8 Å². The van der Waals surface area contributed by atoms with Crippen LogP contribution in [-0.4, -0.2) is 47.1 Å². The van der Waals surface area contributed by atoms with Crippen molar-refractivity contribution in [3.05, 3.63) is 30.1 Å². The number of hydrogen-bond donors (Lipinski definition) is 1. The Balaban J connectivity index is 2.60. The van der Waals surface area contributed by atoms with Crippen LogP contribution in [0.1, 0.15) is 30.1 Å². The van der Waals surface area contributed by atoms with Crippen LogP contribution >= 0.6 is 12.2 Å². The zero-order valence-electron chi connectivity index (χ0n) is 11.7. The Hall–Kier alpha value is -1.53. The lowest BCUT2D eigenvalue weighted by Gasteiger charge is -2.22. The predicted octanol–water partition coefficient (Wildman–Crippen LogP) is 1.63. The number of ether oxygens (including phenoxy) is 1. The summed E-state index contributed by atoms with van der Waals surface area (Å²) in [7, 11) is 0. The van der Waals surface area contributed by atoms with Gasteiger partial charge < -0.3 is 15.4 Å². The third-order valence-corrected chi connectivity index (χ3v) is 2.97. The van der Waals surface area contributed by atoms with E-state index in [9.17, 15) is 4.79 Å².